The van der Waals surface area contributed by atoms with Gasteiger partial charge in [0.1, 0.15) is 5.76 Å². The zero-order chi connectivity index (χ0) is 26.3. The number of nitrogens with zero attached hydrogens (tertiary/aromatic N) is 2. The average molecular weight is 506 g/mol. The number of hydrogen-bond donors (Lipinski definition) is 2. The molecule has 0 amide bonds. The van der Waals surface area contributed by atoms with E-state index in [0.717, 1.165) is 31.9 Å². The van der Waals surface area contributed by atoms with Gasteiger partial charge in [0.15, 0.2) is 0 Å². The molecule has 3 atom stereocenters. The molecule has 0 aromatic carbocycles. The number of furan rings is 1. The van der Waals surface area contributed by atoms with Gasteiger partial charge in [0, 0.05) is 31.6 Å². The molecule has 1 aromatic rings. The van der Waals surface area contributed by atoms with E-state index in [9.17, 15) is 26.3 Å². The highest BCUT2D eigenvalue weighted by atomic mass is 19.4. The summed E-state index contributed by atoms with van der Waals surface area (Å²) in [6.07, 6.45) is -6.37. The van der Waals surface area contributed by atoms with Crippen LogP contribution in [0.4, 0.5) is 26.3 Å². The molecule has 2 aliphatic heterocycles. The summed E-state index contributed by atoms with van der Waals surface area (Å²) in [6.45, 7) is 8.64. The van der Waals surface area contributed by atoms with Gasteiger partial charge < -0.3 is 24.3 Å². The first kappa shape index (κ1) is 29.7. The molecule has 3 rings (SSSR count). The van der Waals surface area contributed by atoms with E-state index in [2.05, 4.69) is 36.8 Å². The van der Waals surface area contributed by atoms with Crippen LogP contribution in [0.15, 0.2) is 22.8 Å². The summed E-state index contributed by atoms with van der Waals surface area (Å²) in [5.74, 6) is -3.75. The SMILES string of the molecule is CC(C)N(C)C[C@H]1C[C@@H]2CN(Cc3ccco3)C[C@@H]2O1.O=C(O)C(F)(F)F.O=C(O)C(F)(F)F. The number of rotatable bonds is 5. The van der Waals surface area contributed by atoms with Gasteiger partial charge in [-0.25, -0.2) is 9.59 Å². The fourth-order valence-electron chi connectivity index (χ4n) is 3.35. The number of likely N-dealkylation sites (N-methyl/N-ethyl adjacent to an activating group) is 1. The molecule has 0 unspecified atom stereocenters. The Morgan fingerprint density at radius 3 is 2.03 bits per heavy atom. The fraction of sp³-hybridized carbons (Fsp3) is 0.700. The Labute approximate surface area is 192 Å². The third-order valence-corrected chi connectivity index (χ3v) is 5.21. The average Bonchev–Trinajstić information content (AvgIpc) is 3.38. The maximum Gasteiger partial charge on any atom is 0.490 e. The van der Waals surface area contributed by atoms with Crippen molar-refractivity contribution in [2.24, 2.45) is 5.92 Å². The molecule has 2 aliphatic rings. The van der Waals surface area contributed by atoms with Gasteiger partial charge in [-0.1, -0.05) is 0 Å². The normalized spacial score (nSPS) is 22.6. The lowest BCUT2D eigenvalue weighted by atomic mass is 10.0. The Morgan fingerprint density at radius 1 is 1.12 bits per heavy atom. The minimum atomic E-state index is -5.08. The second kappa shape index (κ2) is 12.4. The molecule has 0 saturated carbocycles. The third kappa shape index (κ3) is 10.3. The maximum atomic E-state index is 10.6. The van der Waals surface area contributed by atoms with E-state index in [1.54, 1.807) is 6.26 Å². The van der Waals surface area contributed by atoms with Crippen LogP contribution < -0.4 is 0 Å². The summed E-state index contributed by atoms with van der Waals surface area (Å²) in [5, 5.41) is 14.2. The molecular formula is C20H28F6N2O6. The van der Waals surface area contributed by atoms with Crippen LogP contribution in [-0.2, 0) is 20.9 Å². The number of ether oxygens (including phenoxy) is 1. The van der Waals surface area contributed by atoms with Crippen molar-refractivity contribution in [1.29, 1.82) is 0 Å². The van der Waals surface area contributed by atoms with Crippen LogP contribution in [0.3, 0.4) is 0 Å². The lowest BCUT2D eigenvalue weighted by Crippen LogP contribution is -2.35. The third-order valence-electron chi connectivity index (χ3n) is 5.21. The maximum absolute atomic E-state index is 10.6. The van der Waals surface area contributed by atoms with Crippen molar-refractivity contribution in [3.63, 3.8) is 0 Å². The highest BCUT2D eigenvalue weighted by molar-refractivity contribution is 5.73. The van der Waals surface area contributed by atoms with Crippen molar-refractivity contribution in [2.75, 3.05) is 26.7 Å². The smallest absolute Gasteiger partial charge is 0.475 e. The van der Waals surface area contributed by atoms with Crippen LogP contribution >= 0.6 is 0 Å². The summed E-state index contributed by atoms with van der Waals surface area (Å²) < 4.78 is 75.1. The Bertz CT molecular complexity index is 731. The minimum Gasteiger partial charge on any atom is -0.475 e. The van der Waals surface area contributed by atoms with E-state index in [1.807, 2.05) is 6.07 Å². The number of alkyl halides is 6. The summed E-state index contributed by atoms with van der Waals surface area (Å²) in [5.41, 5.74) is 0. The van der Waals surface area contributed by atoms with Crippen LogP contribution in [0, 0.1) is 5.92 Å². The molecule has 8 nitrogen and oxygen atoms in total. The van der Waals surface area contributed by atoms with E-state index in [4.69, 9.17) is 29.0 Å². The topological polar surface area (TPSA) is 103 Å². The predicted octanol–water partition coefficient (Wildman–Crippen LogP) is 3.48. The first-order valence-corrected chi connectivity index (χ1v) is 10.2. The van der Waals surface area contributed by atoms with E-state index in [0.29, 0.717) is 24.2 Å². The summed E-state index contributed by atoms with van der Waals surface area (Å²) in [7, 11) is 2.19. The molecule has 2 fully saturated rings. The van der Waals surface area contributed by atoms with Crippen molar-refractivity contribution in [2.45, 2.75) is 57.4 Å². The highest BCUT2D eigenvalue weighted by Gasteiger charge is 2.42. The van der Waals surface area contributed by atoms with Gasteiger partial charge in [-0.3, -0.25) is 4.90 Å². The van der Waals surface area contributed by atoms with Gasteiger partial charge in [-0.15, -0.1) is 0 Å². The molecule has 2 N–H and O–H groups in total. The van der Waals surface area contributed by atoms with Gasteiger partial charge >= 0.3 is 24.3 Å². The zero-order valence-corrected chi connectivity index (χ0v) is 18.8. The number of halogens is 6. The lowest BCUT2D eigenvalue weighted by molar-refractivity contribution is -0.193. The van der Waals surface area contributed by atoms with Crippen molar-refractivity contribution in [1.82, 2.24) is 9.80 Å². The van der Waals surface area contributed by atoms with Crippen molar-refractivity contribution in [3.8, 4) is 0 Å². The number of carboxylic acid groups (broad SMARTS) is 2. The Kier molecular flexibility index (Phi) is 10.8. The van der Waals surface area contributed by atoms with Gasteiger partial charge in [-0.05, 0) is 39.4 Å². The molecule has 3 heterocycles. The Morgan fingerprint density at radius 2 is 1.65 bits per heavy atom. The Hall–Kier alpha value is -2.32. The molecular weight excluding hydrogens is 478 g/mol. The Balaban J connectivity index is 0.000000343. The molecule has 1 aromatic heterocycles. The van der Waals surface area contributed by atoms with Gasteiger partial charge in [-0.2, -0.15) is 26.3 Å². The molecule has 14 heteroatoms. The van der Waals surface area contributed by atoms with Gasteiger partial charge in [0.25, 0.3) is 0 Å². The highest BCUT2D eigenvalue weighted by Crippen LogP contribution is 2.34. The molecule has 2 saturated heterocycles. The number of carbonyl (C=O) groups is 2. The van der Waals surface area contributed by atoms with Crippen LogP contribution in [0.1, 0.15) is 26.0 Å². The van der Waals surface area contributed by atoms with Gasteiger partial charge in [0.05, 0.1) is 25.0 Å². The summed E-state index contributed by atoms with van der Waals surface area (Å²) in [4.78, 5) is 22.6. The number of carboxylic acids is 2. The van der Waals surface area contributed by atoms with Crippen LogP contribution in [0.5, 0.6) is 0 Å². The van der Waals surface area contributed by atoms with E-state index >= 15 is 0 Å². The zero-order valence-electron chi connectivity index (χ0n) is 18.8. The molecule has 0 aliphatic carbocycles. The number of likely N-dealkylation sites (tertiary alicyclic amines) is 1. The van der Waals surface area contributed by atoms with Crippen LogP contribution in [0.25, 0.3) is 0 Å². The fourth-order valence-corrected chi connectivity index (χ4v) is 3.35. The van der Waals surface area contributed by atoms with E-state index < -0.39 is 24.3 Å². The van der Waals surface area contributed by atoms with E-state index in [-0.39, 0.29) is 0 Å². The second-order valence-electron chi connectivity index (χ2n) is 8.20. The number of aliphatic carboxylic acids is 2. The molecule has 0 radical (unpaired) electrons. The largest absolute Gasteiger partial charge is 0.490 e. The molecule has 0 spiro atoms. The van der Waals surface area contributed by atoms with E-state index in [1.165, 1.54) is 6.42 Å². The lowest BCUT2D eigenvalue weighted by Gasteiger charge is -2.25. The number of hydrogen-bond acceptors (Lipinski definition) is 6. The molecule has 34 heavy (non-hydrogen) atoms. The molecule has 0 bridgehead atoms. The minimum absolute atomic E-state index is 0.420. The summed E-state index contributed by atoms with van der Waals surface area (Å²) >= 11 is 0. The van der Waals surface area contributed by atoms with Crippen molar-refractivity contribution >= 4 is 11.9 Å². The monoisotopic (exact) mass is 506 g/mol. The van der Waals surface area contributed by atoms with Crippen molar-refractivity contribution in [3.05, 3.63) is 24.2 Å². The first-order valence-electron chi connectivity index (χ1n) is 10.2. The van der Waals surface area contributed by atoms with Crippen molar-refractivity contribution < 1.29 is 55.3 Å². The standard InChI is InChI=1S/C16H26N2O2.2C2HF3O2/c1-12(2)17(3)9-15-7-13-8-18(11-16(13)20-15)10-14-5-4-6-19-14;2*3-2(4,5)1(6)7/h4-6,12-13,15-16H,7-11H2,1-3H3;2*(H,6,7)/t13-,15-,16+;;/m1../s1. The van der Waals surface area contributed by atoms with Gasteiger partial charge in [0.2, 0.25) is 0 Å². The van der Waals surface area contributed by atoms with Crippen LogP contribution in [-0.4, -0.2) is 89.2 Å². The first-order chi connectivity index (χ1) is 15.5. The number of fused-ring (bicyclic) bond motifs is 1. The second-order valence-corrected chi connectivity index (χ2v) is 8.20. The van der Waals surface area contributed by atoms with Crippen LogP contribution in [0.2, 0.25) is 0 Å². The quantitative estimate of drug-likeness (QED) is 0.586. The summed E-state index contributed by atoms with van der Waals surface area (Å²) in [6, 6.07) is 4.60. The molecule has 196 valence electrons. The predicted molar refractivity (Wildman–Crippen MR) is 106 cm³/mol.